The van der Waals surface area contributed by atoms with Gasteiger partial charge in [-0.05, 0) is 22.8 Å². The summed E-state index contributed by atoms with van der Waals surface area (Å²) in [4.78, 5) is 47.5. The van der Waals surface area contributed by atoms with Crippen molar-refractivity contribution in [3.8, 4) is 0 Å². The van der Waals surface area contributed by atoms with Gasteiger partial charge in [-0.3, -0.25) is 9.59 Å². The Balaban J connectivity index is 1.87. The quantitative estimate of drug-likeness (QED) is 0.548. The average Bonchev–Trinajstić information content (AvgIpc) is 2.64. The molecule has 2 N–H and O–H groups in total. The number of Topliss-reactive ketones (excluding diaryl/α,β-unsaturated/α-hetero) is 1. The van der Waals surface area contributed by atoms with Gasteiger partial charge in [-0.25, -0.2) is 9.59 Å². The molecule has 0 aromatic heterocycles. The lowest BCUT2D eigenvalue weighted by Gasteiger charge is -2.11. The van der Waals surface area contributed by atoms with Gasteiger partial charge in [-0.1, -0.05) is 50.2 Å². The zero-order chi connectivity index (χ0) is 20.7. The van der Waals surface area contributed by atoms with Crippen molar-refractivity contribution >= 4 is 34.5 Å². The van der Waals surface area contributed by atoms with Gasteiger partial charge >= 0.3 is 17.9 Å². The topological polar surface area (TPSA) is 113 Å². The molecule has 0 aliphatic heterocycles. The van der Waals surface area contributed by atoms with Crippen LogP contribution in [0, 0.1) is 5.92 Å². The summed E-state index contributed by atoms with van der Waals surface area (Å²) >= 11 is 0. The number of rotatable bonds is 8. The molecular weight excluding hydrogens is 362 g/mol. The number of hydrogen-bond donors (Lipinski definition) is 1. The maximum absolute atomic E-state index is 12.3. The van der Waals surface area contributed by atoms with E-state index in [4.69, 9.17) is 10.5 Å². The fourth-order valence-electron chi connectivity index (χ4n) is 2.58. The van der Waals surface area contributed by atoms with Crippen molar-refractivity contribution in [3.05, 3.63) is 48.0 Å². The maximum atomic E-state index is 12.3. The molecule has 7 nitrogen and oxygen atoms in total. The number of nitrogens with two attached hydrogens (primary N) is 1. The normalized spacial score (nSPS) is 11.9. The highest BCUT2D eigenvalue weighted by Gasteiger charge is 2.23. The van der Waals surface area contributed by atoms with E-state index in [2.05, 4.69) is 4.74 Å². The van der Waals surface area contributed by atoms with Crippen molar-refractivity contribution in [1.82, 2.24) is 0 Å². The number of carbonyl (C=O) groups is 4. The molecule has 0 aliphatic rings. The van der Waals surface area contributed by atoms with Gasteiger partial charge in [-0.15, -0.1) is 0 Å². The summed E-state index contributed by atoms with van der Waals surface area (Å²) in [5.74, 6) is -2.82. The highest BCUT2D eigenvalue weighted by atomic mass is 16.6. The molecule has 2 rings (SSSR count). The van der Waals surface area contributed by atoms with Crippen molar-refractivity contribution in [3.63, 3.8) is 0 Å². The largest absolute Gasteiger partial charge is 0.454 e. The van der Waals surface area contributed by atoms with Crippen molar-refractivity contribution < 1.29 is 28.7 Å². The fraction of sp³-hybridized carbons (Fsp3) is 0.333. The summed E-state index contributed by atoms with van der Waals surface area (Å²) in [6.07, 6.45) is -0.314. The molecule has 0 heterocycles. The van der Waals surface area contributed by atoms with Crippen LogP contribution in [0.2, 0.25) is 0 Å². The van der Waals surface area contributed by atoms with Crippen LogP contribution in [0.5, 0.6) is 0 Å². The molecule has 1 unspecified atom stereocenters. The van der Waals surface area contributed by atoms with E-state index in [9.17, 15) is 19.2 Å². The van der Waals surface area contributed by atoms with Gasteiger partial charge in [0.25, 0.3) is 0 Å². The van der Waals surface area contributed by atoms with Gasteiger partial charge in [-0.2, -0.15) is 0 Å². The number of ether oxygens (including phenoxy) is 2. The van der Waals surface area contributed by atoms with Gasteiger partial charge in [0.1, 0.15) is 12.6 Å². The second-order valence-corrected chi connectivity index (χ2v) is 6.84. The van der Waals surface area contributed by atoms with Crippen LogP contribution < -0.4 is 5.73 Å². The number of fused-ring (bicyclic) bond motifs is 1. The van der Waals surface area contributed by atoms with E-state index in [1.54, 1.807) is 38.1 Å². The van der Waals surface area contributed by atoms with Crippen LogP contribution in [0.4, 0.5) is 0 Å². The number of ketones is 1. The van der Waals surface area contributed by atoms with Gasteiger partial charge in [0.15, 0.2) is 5.78 Å². The van der Waals surface area contributed by atoms with Gasteiger partial charge < -0.3 is 15.2 Å². The predicted molar refractivity (Wildman–Crippen MR) is 102 cm³/mol. The minimum Gasteiger partial charge on any atom is -0.454 e. The number of esters is 3. The first-order valence-electron chi connectivity index (χ1n) is 8.94. The highest BCUT2D eigenvalue weighted by Crippen LogP contribution is 2.19. The Morgan fingerprint density at radius 1 is 0.964 bits per heavy atom. The van der Waals surface area contributed by atoms with Crippen LogP contribution in [-0.4, -0.2) is 36.3 Å². The Morgan fingerprint density at radius 2 is 1.64 bits per heavy atom. The molecule has 0 saturated carbocycles. The second kappa shape index (κ2) is 9.75. The smallest absolute Gasteiger partial charge is 0.339 e. The third-order valence-electron chi connectivity index (χ3n) is 3.91. The highest BCUT2D eigenvalue weighted by molar-refractivity contribution is 6.05. The molecule has 0 aliphatic carbocycles. The molecule has 2 aromatic rings. The summed E-state index contributed by atoms with van der Waals surface area (Å²) in [5.41, 5.74) is 5.94. The number of carbonyl (C=O) groups excluding carboxylic acids is 4. The van der Waals surface area contributed by atoms with Crippen LogP contribution >= 0.6 is 0 Å². The summed E-state index contributed by atoms with van der Waals surface area (Å²) < 4.78 is 9.65. The lowest BCUT2D eigenvalue weighted by molar-refractivity contribution is -0.161. The van der Waals surface area contributed by atoms with Crippen molar-refractivity contribution in [2.75, 3.05) is 6.61 Å². The summed E-state index contributed by atoms with van der Waals surface area (Å²) in [6.45, 7) is 3.09. The first kappa shape index (κ1) is 21.2. The predicted octanol–water partition coefficient (Wildman–Crippen LogP) is 2.40. The molecular formula is C21H23NO6. The molecule has 28 heavy (non-hydrogen) atoms. The Kier molecular flexibility index (Phi) is 7.40. The summed E-state index contributed by atoms with van der Waals surface area (Å²) in [5, 5.41) is 1.59. The molecule has 0 spiro atoms. The molecule has 0 radical (unpaired) electrons. The molecule has 0 bridgehead atoms. The zero-order valence-corrected chi connectivity index (χ0v) is 15.8. The fourth-order valence-corrected chi connectivity index (χ4v) is 2.58. The van der Waals surface area contributed by atoms with Crippen LogP contribution in [0.15, 0.2) is 42.5 Å². The molecule has 1 atom stereocenters. The van der Waals surface area contributed by atoms with Gasteiger partial charge in [0.05, 0.1) is 5.56 Å². The molecule has 2 aromatic carbocycles. The first-order valence-corrected chi connectivity index (χ1v) is 8.94. The van der Waals surface area contributed by atoms with E-state index in [1.807, 2.05) is 18.2 Å². The van der Waals surface area contributed by atoms with Crippen molar-refractivity contribution in [2.24, 2.45) is 11.7 Å². The van der Waals surface area contributed by atoms with Crippen LogP contribution in [-0.2, 0) is 23.9 Å². The Morgan fingerprint density at radius 3 is 2.36 bits per heavy atom. The maximum Gasteiger partial charge on any atom is 0.339 e. The molecule has 0 saturated heterocycles. The summed E-state index contributed by atoms with van der Waals surface area (Å²) in [6, 6.07) is 11.2. The third kappa shape index (κ3) is 5.99. The zero-order valence-electron chi connectivity index (χ0n) is 15.8. The Labute approximate surface area is 162 Å². The average molecular weight is 385 g/mol. The van der Waals surface area contributed by atoms with Gasteiger partial charge in [0.2, 0.25) is 0 Å². The number of benzene rings is 2. The molecule has 0 fully saturated rings. The standard InChI is InChI=1S/C21H23NO6/c1-13(2)10-19(24)28-21(26)18(22)11-15(23)12-27-20(25)17-9-5-7-14-6-3-4-8-16(14)17/h3-9,13,18H,10-12,22H2,1-2H3. The van der Waals surface area contributed by atoms with Crippen molar-refractivity contribution in [1.29, 1.82) is 0 Å². The van der Waals surface area contributed by atoms with Crippen LogP contribution in [0.25, 0.3) is 10.8 Å². The SMILES string of the molecule is CC(C)CC(=O)OC(=O)C(N)CC(=O)COC(=O)c1cccc2ccccc12. The van der Waals surface area contributed by atoms with Crippen molar-refractivity contribution in [2.45, 2.75) is 32.7 Å². The van der Waals surface area contributed by atoms with Gasteiger partial charge in [0, 0.05) is 12.8 Å². The third-order valence-corrected chi connectivity index (χ3v) is 3.91. The van der Waals surface area contributed by atoms with E-state index < -0.39 is 42.8 Å². The Bertz CT molecular complexity index is 884. The lowest BCUT2D eigenvalue weighted by Crippen LogP contribution is -2.36. The molecule has 7 heteroatoms. The van der Waals surface area contributed by atoms with Crippen LogP contribution in [0.3, 0.4) is 0 Å². The second-order valence-electron chi connectivity index (χ2n) is 6.84. The van der Waals surface area contributed by atoms with Crippen LogP contribution in [0.1, 0.15) is 37.0 Å². The first-order chi connectivity index (χ1) is 13.3. The summed E-state index contributed by atoms with van der Waals surface area (Å²) in [7, 11) is 0. The monoisotopic (exact) mass is 385 g/mol. The van der Waals surface area contributed by atoms with E-state index in [0.29, 0.717) is 10.9 Å². The van der Waals surface area contributed by atoms with E-state index in [-0.39, 0.29) is 12.3 Å². The number of hydrogen-bond acceptors (Lipinski definition) is 7. The van der Waals surface area contributed by atoms with E-state index >= 15 is 0 Å². The van der Waals surface area contributed by atoms with E-state index in [0.717, 1.165) is 5.39 Å². The Hall–Kier alpha value is -3.06. The minimum absolute atomic E-state index is 0.0339. The lowest BCUT2D eigenvalue weighted by atomic mass is 10.0. The molecule has 148 valence electrons. The minimum atomic E-state index is -1.29. The molecule has 0 amide bonds. The van der Waals surface area contributed by atoms with E-state index in [1.165, 1.54) is 0 Å².